The Hall–Kier alpha value is -2.33. The Kier molecular flexibility index (Phi) is 7.10. The predicted octanol–water partition coefficient (Wildman–Crippen LogP) is 2.96. The van der Waals surface area contributed by atoms with Crippen molar-refractivity contribution in [3.63, 3.8) is 0 Å². The molecule has 1 aromatic carbocycles. The molecule has 1 heterocycles. The van der Waals surface area contributed by atoms with E-state index >= 15 is 0 Å². The number of rotatable bonds is 8. The van der Waals surface area contributed by atoms with Crippen LogP contribution < -0.4 is 20.1 Å². The second kappa shape index (κ2) is 9.74. The molecule has 0 saturated heterocycles. The lowest BCUT2D eigenvalue weighted by molar-refractivity contribution is -0.119. The van der Waals surface area contributed by atoms with Crippen molar-refractivity contribution in [3.8, 4) is 11.5 Å². The second-order valence-electron chi connectivity index (χ2n) is 6.27. The summed E-state index contributed by atoms with van der Waals surface area (Å²) in [5.74, 6) is 0.981. The van der Waals surface area contributed by atoms with Gasteiger partial charge in [0.15, 0.2) is 4.34 Å². The van der Waals surface area contributed by atoms with Gasteiger partial charge in [-0.05, 0) is 25.0 Å². The Balaban J connectivity index is 1.53. The van der Waals surface area contributed by atoms with Crippen molar-refractivity contribution < 1.29 is 19.1 Å². The van der Waals surface area contributed by atoms with Crippen LogP contribution in [-0.2, 0) is 4.79 Å². The Morgan fingerprint density at radius 3 is 2.46 bits per heavy atom. The maximum Gasteiger partial charge on any atom is 0.257 e. The topological polar surface area (TPSA) is 102 Å². The largest absolute Gasteiger partial charge is 0.497 e. The highest BCUT2D eigenvalue weighted by Crippen LogP contribution is 2.27. The summed E-state index contributed by atoms with van der Waals surface area (Å²) in [6.45, 7) is 0. The van der Waals surface area contributed by atoms with Gasteiger partial charge in [0, 0.05) is 17.7 Å². The molecule has 0 atom stereocenters. The lowest BCUT2D eigenvalue weighted by Gasteiger charge is -2.10. The third-order valence-electron chi connectivity index (χ3n) is 4.29. The van der Waals surface area contributed by atoms with Crippen molar-refractivity contribution in [3.05, 3.63) is 23.8 Å². The average Bonchev–Trinajstić information content (AvgIpc) is 3.37. The van der Waals surface area contributed by atoms with Gasteiger partial charge in [0.2, 0.25) is 11.0 Å². The average molecular weight is 423 g/mol. The molecular formula is C18H22N4O4S2. The highest BCUT2D eigenvalue weighted by atomic mass is 32.2. The number of benzene rings is 1. The third-order valence-corrected chi connectivity index (χ3v) is 6.26. The third kappa shape index (κ3) is 5.59. The summed E-state index contributed by atoms with van der Waals surface area (Å²) in [4.78, 5) is 24.5. The van der Waals surface area contributed by atoms with Crippen LogP contribution in [0.2, 0.25) is 0 Å². The lowest BCUT2D eigenvalue weighted by Crippen LogP contribution is -2.33. The van der Waals surface area contributed by atoms with Gasteiger partial charge in [-0.3, -0.25) is 14.9 Å². The zero-order valence-electron chi connectivity index (χ0n) is 15.7. The van der Waals surface area contributed by atoms with E-state index in [0.717, 1.165) is 12.8 Å². The lowest BCUT2D eigenvalue weighted by atomic mass is 10.2. The standard InChI is InChI=1S/C18H22N4O4S2/c1-25-13-7-11(8-14(9-13)26-2)16(24)20-17-21-22-18(28-17)27-10-15(23)19-12-5-3-4-6-12/h7-9,12H,3-6,10H2,1-2H3,(H,19,23)(H,20,21,24). The molecule has 0 bridgehead atoms. The van der Waals surface area contributed by atoms with Crippen LogP contribution in [0.4, 0.5) is 5.13 Å². The van der Waals surface area contributed by atoms with Gasteiger partial charge in [0.05, 0.1) is 20.0 Å². The van der Waals surface area contributed by atoms with Gasteiger partial charge >= 0.3 is 0 Å². The number of carbonyl (C=O) groups is 2. The smallest absolute Gasteiger partial charge is 0.257 e. The molecule has 2 amide bonds. The fraction of sp³-hybridized carbons (Fsp3) is 0.444. The maximum absolute atomic E-state index is 12.5. The van der Waals surface area contributed by atoms with E-state index in [2.05, 4.69) is 20.8 Å². The summed E-state index contributed by atoms with van der Waals surface area (Å²) >= 11 is 2.54. The van der Waals surface area contributed by atoms with Crippen LogP contribution in [0.15, 0.2) is 22.5 Å². The van der Waals surface area contributed by atoms with E-state index < -0.39 is 0 Å². The van der Waals surface area contributed by atoms with Gasteiger partial charge in [-0.1, -0.05) is 35.9 Å². The van der Waals surface area contributed by atoms with Crippen molar-refractivity contribution in [2.24, 2.45) is 0 Å². The van der Waals surface area contributed by atoms with Crippen LogP contribution in [0.25, 0.3) is 0 Å². The van der Waals surface area contributed by atoms with E-state index in [-0.39, 0.29) is 17.6 Å². The first-order chi connectivity index (χ1) is 13.6. The van der Waals surface area contributed by atoms with E-state index in [9.17, 15) is 9.59 Å². The van der Waals surface area contributed by atoms with Gasteiger partial charge in [-0.15, -0.1) is 10.2 Å². The molecule has 1 aliphatic carbocycles. The summed E-state index contributed by atoms with van der Waals surface area (Å²) in [5, 5.41) is 14.1. The monoisotopic (exact) mass is 422 g/mol. The van der Waals surface area contributed by atoms with Crippen molar-refractivity contribution >= 4 is 40.0 Å². The molecule has 3 rings (SSSR count). The molecular weight excluding hydrogens is 400 g/mol. The number of amides is 2. The summed E-state index contributed by atoms with van der Waals surface area (Å²) in [6, 6.07) is 5.22. The molecule has 2 aromatic rings. The van der Waals surface area contributed by atoms with Crippen LogP contribution in [0.3, 0.4) is 0 Å². The number of nitrogens with one attached hydrogen (secondary N) is 2. The van der Waals surface area contributed by atoms with E-state index in [1.165, 1.54) is 50.2 Å². The highest BCUT2D eigenvalue weighted by Gasteiger charge is 2.18. The molecule has 1 saturated carbocycles. The number of thioether (sulfide) groups is 1. The zero-order valence-corrected chi connectivity index (χ0v) is 17.3. The van der Waals surface area contributed by atoms with Crippen LogP contribution >= 0.6 is 23.1 Å². The quantitative estimate of drug-likeness (QED) is 0.498. The Morgan fingerprint density at radius 2 is 1.82 bits per heavy atom. The van der Waals surface area contributed by atoms with Gasteiger partial charge < -0.3 is 14.8 Å². The number of methoxy groups -OCH3 is 2. The molecule has 2 N–H and O–H groups in total. The van der Waals surface area contributed by atoms with E-state index in [1.54, 1.807) is 18.2 Å². The molecule has 0 aliphatic heterocycles. The van der Waals surface area contributed by atoms with Crippen molar-refractivity contribution in [2.45, 2.75) is 36.1 Å². The molecule has 1 aliphatic rings. The maximum atomic E-state index is 12.5. The first-order valence-corrected chi connectivity index (χ1v) is 10.7. The SMILES string of the molecule is COc1cc(OC)cc(C(=O)Nc2nnc(SCC(=O)NC3CCCC3)s2)c1. The second-order valence-corrected chi connectivity index (χ2v) is 8.47. The van der Waals surface area contributed by atoms with Gasteiger partial charge in [0.25, 0.3) is 5.91 Å². The summed E-state index contributed by atoms with van der Waals surface area (Å²) in [5.41, 5.74) is 0.386. The number of hydrogen-bond acceptors (Lipinski definition) is 8. The number of hydrogen-bond donors (Lipinski definition) is 2. The van der Waals surface area contributed by atoms with Gasteiger partial charge in [0.1, 0.15) is 11.5 Å². The molecule has 8 nitrogen and oxygen atoms in total. The van der Waals surface area contributed by atoms with Crippen LogP contribution in [0.5, 0.6) is 11.5 Å². The molecule has 0 unspecified atom stereocenters. The first kappa shape index (κ1) is 20.4. The van der Waals surface area contributed by atoms with Crippen LogP contribution in [-0.4, -0.2) is 48.0 Å². The summed E-state index contributed by atoms with van der Waals surface area (Å²) in [6.07, 6.45) is 4.47. The zero-order chi connectivity index (χ0) is 19.9. The number of carbonyl (C=O) groups excluding carboxylic acids is 2. The molecule has 1 aromatic heterocycles. The van der Waals surface area contributed by atoms with Gasteiger partial charge in [-0.25, -0.2) is 0 Å². The minimum Gasteiger partial charge on any atom is -0.497 e. The van der Waals surface area contributed by atoms with Crippen molar-refractivity contribution in [2.75, 3.05) is 25.3 Å². The molecule has 0 spiro atoms. The number of anilines is 1. The first-order valence-electron chi connectivity index (χ1n) is 8.87. The van der Waals surface area contributed by atoms with Crippen molar-refractivity contribution in [1.29, 1.82) is 0 Å². The minimum absolute atomic E-state index is 0.00108. The Morgan fingerprint density at radius 1 is 1.14 bits per heavy atom. The van der Waals surface area contributed by atoms with Crippen molar-refractivity contribution in [1.82, 2.24) is 15.5 Å². The van der Waals surface area contributed by atoms with Crippen LogP contribution in [0, 0.1) is 0 Å². The number of ether oxygens (including phenoxy) is 2. The van der Waals surface area contributed by atoms with Gasteiger partial charge in [-0.2, -0.15) is 0 Å². The normalized spacial score (nSPS) is 13.9. The number of aromatic nitrogens is 2. The molecule has 10 heteroatoms. The van der Waals surface area contributed by atoms with E-state index in [0.29, 0.717) is 32.6 Å². The predicted molar refractivity (Wildman–Crippen MR) is 109 cm³/mol. The summed E-state index contributed by atoms with van der Waals surface area (Å²) in [7, 11) is 3.04. The molecule has 150 valence electrons. The summed E-state index contributed by atoms with van der Waals surface area (Å²) < 4.78 is 11.0. The molecule has 0 radical (unpaired) electrons. The highest BCUT2D eigenvalue weighted by molar-refractivity contribution is 8.01. The van der Waals surface area contributed by atoms with E-state index in [4.69, 9.17) is 9.47 Å². The number of nitrogens with zero attached hydrogens (tertiary/aromatic N) is 2. The van der Waals surface area contributed by atoms with E-state index in [1.807, 2.05) is 0 Å². The Bertz CT molecular complexity index is 814. The molecule has 1 fully saturated rings. The molecule has 28 heavy (non-hydrogen) atoms. The fourth-order valence-electron chi connectivity index (χ4n) is 2.89. The minimum atomic E-state index is -0.344. The van der Waals surface area contributed by atoms with Crippen LogP contribution in [0.1, 0.15) is 36.0 Å². The Labute approximate surface area is 171 Å². The fourth-order valence-corrected chi connectivity index (χ4v) is 4.45.